The van der Waals surface area contributed by atoms with Crippen LogP contribution in [0.5, 0.6) is 0 Å². The zero-order valence-electron chi connectivity index (χ0n) is 17.9. The van der Waals surface area contributed by atoms with E-state index in [1.807, 2.05) is 10.1 Å². The SMILES string of the molecule is O=S(=O)(OC(F)(F)C(F)(F)C(F)(F)C(F)(F)CF)c1n[nH]c(S(=O)(=O)OC(F)(F)C(F)(F)C(F)(F)C(F)(F)CF)n1. The van der Waals surface area contributed by atoms with Gasteiger partial charge in [0.25, 0.3) is 10.3 Å². The van der Waals surface area contributed by atoms with E-state index in [2.05, 4.69) is 8.37 Å². The smallest absolute Gasteiger partial charge is 0.247 e. The molecule has 1 N–H and O–H groups in total. The maximum Gasteiger partial charge on any atom is 0.440 e. The lowest BCUT2D eigenvalue weighted by Gasteiger charge is -2.34. The minimum Gasteiger partial charge on any atom is -0.247 e. The molecule has 0 aliphatic heterocycles. The largest absolute Gasteiger partial charge is 0.440 e. The molecule has 0 bridgehead atoms. The Bertz CT molecular complexity index is 1230. The van der Waals surface area contributed by atoms with Gasteiger partial charge in [0.2, 0.25) is 0 Å². The van der Waals surface area contributed by atoms with Gasteiger partial charge in [0.05, 0.1) is 0 Å². The van der Waals surface area contributed by atoms with Crippen LogP contribution in [-0.2, 0) is 28.6 Å². The van der Waals surface area contributed by atoms with Crippen LogP contribution in [-0.4, -0.2) is 93.1 Å². The highest BCUT2D eigenvalue weighted by Crippen LogP contribution is 2.55. The topological polar surface area (TPSA) is 128 Å². The Morgan fingerprint density at radius 2 is 0.878 bits per heavy atom. The Labute approximate surface area is 212 Å². The Morgan fingerprint density at radius 1 is 0.561 bits per heavy atom. The molecule has 41 heavy (non-hydrogen) atoms. The molecule has 0 unspecified atom stereocenters. The first-order valence-electron chi connectivity index (χ1n) is 8.73. The molecule has 1 rings (SSSR count). The third-order valence-corrected chi connectivity index (χ3v) is 6.25. The van der Waals surface area contributed by atoms with Crippen molar-refractivity contribution in [1.82, 2.24) is 15.2 Å². The maximum atomic E-state index is 13.5. The predicted octanol–water partition coefficient (Wildman–Crippen LogP) is 4.15. The molecule has 0 aliphatic rings. The molecule has 0 radical (unpaired) electrons. The second-order valence-corrected chi connectivity index (χ2v) is 9.91. The fourth-order valence-corrected chi connectivity index (χ4v) is 3.59. The van der Waals surface area contributed by atoms with Crippen molar-refractivity contribution in [3.05, 3.63) is 0 Å². The summed E-state index contributed by atoms with van der Waals surface area (Å²) in [5, 5.41) is -3.05. The van der Waals surface area contributed by atoms with E-state index in [1.54, 1.807) is 0 Å². The number of hydrogen-bond acceptors (Lipinski definition) is 8. The van der Waals surface area contributed by atoms with E-state index >= 15 is 0 Å². The Balaban J connectivity index is 3.44. The number of aromatic nitrogens is 3. The van der Waals surface area contributed by atoms with E-state index in [1.165, 1.54) is 0 Å². The van der Waals surface area contributed by atoms with Gasteiger partial charge < -0.3 is 0 Å². The van der Waals surface area contributed by atoms with E-state index in [4.69, 9.17) is 0 Å². The quantitative estimate of drug-likeness (QED) is 0.228. The van der Waals surface area contributed by atoms with Gasteiger partial charge in [-0.1, -0.05) is 0 Å². The zero-order chi connectivity index (χ0) is 33.1. The molecule has 242 valence electrons. The number of halogens is 18. The van der Waals surface area contributed by atoms with Crippen LogP contribution in [0.3, 0.4) is 0 Å². The van der Waals surface area contributed by atoms with Crippen LogP contribution in [0.4, 0.5) is 79.0 Å². The summed E-state index contributed by atoms with van der Waals surface area (Å²) >= 11 is 0. The van der Waals surface area contributed by atoms with E-state index in [-0.39, 0.29) is 0 Å². The van der Waals surface area contributed by atoms with Crippen molar-refractivity contribution in [2.45, 2.75) is 58.1 Å². The first kappa shape index (κ1) is 36.7. The molecule has 1 aromatic heterocycles. The summed E-state index contributed by atoms with van der Waals surface area (Å²) < 4.78 is 286. The average Bonchev–Trinajstić information content (AvgIpc) is 3.29. The fraction of sp³-hybridized carbons (Fsp3) is 0.833. The van der Waals surface area contributed by atoms with Gasteiger partial charge in [-0.15, -0.1) is 5.10 Å². The average molecular weight is 693 g/mol. The van der Waals surface area contributed by atoms with Crippen molar-refractivity contribution in [2.75, 3.05) is 13.3 Å². The predicted molar refractivity (Wildman–Crippen MR) is 84.5 cm³/mol. The summed E-state index contributed by atoms with van der Waals surface area (Å²) in [6, 6.07) is 0. The van der Waals surface area contributed by atoms with Crippen LogP contribution in [0, 0.1) is 0 Å². The summed E-state index contributed by atoms with van der Waals surface area (Å²) in [4.78, 5) is 1.90. The molecule has 1 heterocycles. The Kier molecular flexibility index (Phi) is 9.10. The Morgan fingerprint density at radius 3 is 1.20 bits per heavy atom. The summed E-state index contributed by atoms with van der Waals surface area (Å²) in [5.41, 5.74) is 0. The lowest BCUT2D eigenvalue weighted by atomic mass is 10.0. The molecule has 9 nitrogen and oxygen atoms in total. The lowest BCUT2D eigenvalue weighted by Crippen LogP contribution is -2.63. The van der Waals surface area contributed by atoms with Gasteiger partial charge in [0.15, 0.2) is 13.3 Å². The van der Waals surface area contributed by atoms with Crippen LogP contribution < -0.4 is 0 Å². The first-order valence-corrected chi connectivity index (χ1v) is 11.5. The molecule has 0 aliphatic carbocycles. The van der Waals surface area contributed by atoms with Crippen LogP contribution in [0.15, 0.2) is 10.3 Å². The molecule has 0 fully saturated rings. The first-order chi connectivity index (χ1) is 17.7. The van der Waals surface area contributed by atoms with Gasteiger partial charge in [0, 0.05) is 0 Å². The highest BCUT2D eigenvalue weighted by atomic mass is 32.2. The van der Waals surface area contributed by atoms with Crippen molar-refractivity contribution >= 4 is 20.2 Å². The van der Waals surface area contributed by atoms with Crippen LogP contribution in [0.25, 0.3) is 0 Å². The molecule has 0 spiro atoms. The molecule has 0 amide bonds. The van der Waals surface area contributed by atoms with Crippen LogP contribution in [0.2, 0.25) is 0 Å². The maximum absolute atomic E-state index is 13.5. The van der Waals surface area contributed by atoms with E-state index in [0.717, 1.165) is 0 Å². The normalized spacial score (nSPS) is 15.9. The highest BCUT2D eigenvalue weighted by molar-refractivity contribution is 7.87. The number of aromatic amines is 1. The number of H-pyrrole nitrogens is 1. The minimum absolute atomic E-state index is 0.537. The molecule has 0 saturated heterocycles. The third-order valence-electron chi connectivity index (χ3n) is 4.11. The molecule has 0 aromatic carbocycles. The van der Waals surface area contributed by atoms with Crippen molar-refractivity contribution in [1.29, 1.82) is 0 Å². The molecular formula is C12H5F18N3O6S2. The summed E-state index contributed by atoms with van der Waals surface area (Å²) in [7, 11) is -14.1. The number of rotatable bonds is 14. The number of nitrogens with zero attached hydrogens (tertiary/aromatic N) is 2. The summed E-state index contributed by atoms with van der Waals surface area (Å²) in [6.45, 7) is -7.47. The fourth-order valence-electron chi connectivity index (χ4n) is 1.91. The van der Waals surface area contributed by atoms with Gasteiger partial charge in [-0.2, -0.15) is 100 Å². The summed E-state index contributed by atoms with van der Waals surface area (Å²) in [5.74, 6) is -43.4. The monoisotopic (exact) mass is 693 g/mol. The van der Waals surface area contributed by atoms with Gasteiger partial charge in [0.1, 0.15) is 0 Å². The van der Waals surface area contributed by atoms with Gasteiger partial charge in [-0.25, -0.2) is 13.9 Å². The van der Waals surface area contributed by atoms with E-state index in [9.17, 15) is 95.9 Å². The third kappa shape index (κ3) is 5.84. The Hall–Kier alpha value is -2.30. The van der Waals surface area contributed by atoms with Gasteiger partial charge >= 0.3 is 68.0 Å². The standard InChI is InChI=1S/C12H5F18N3O6S2/c13-1-5(15,16)7(19,20)9(23,24)11(27,28)38-40(34,35)3-31-4(33-32-3)41(36,37)39-12(29,30)10(25,26)8(21,22)6(17,18)2-14/h1-2H2,(H,31,32,33). The van der Waals surface area contributed by atoms with Crippen molar-refractivity contribution in [2.24, 2.45) is 0 Å². The van der Waals surface area contributed by atoms with E-state index in [0.29, 0.717) is 5.10 Å². The summed E-state index contributed by atoms with van der Waals surface area (Å²) in [6.07, 6.45) is -14.6. The van der Waals surface area contributed by atoms with Crippen molar-refractivity contribution < 1.29 is 104 Å². The molecular weight excluding hydrogens is 688 g/mol. The zero-order valence-corrected chi connectivity index (χ0v) is 19.5. The highest BCUT2D eigenvalue weighted by Gasteiger charge is 2.84. The van der Waals surface area contributed by atoms with Gasteiger partial charge in [-0.05, 0) is 0 Å². The van der Waals surface area contributed by atoms with Crippen LogP contribution in [0.1, 0.15) is 0 Å². The number of nitrogens with one attached hydrogen (secondary N) is 1. The van der Waals surface area contributed by atoms with E-state index < -0.39 is 91.7 Å². The molecule has 0 atom stereocenters. The van der Waals surface area contributed by atoms with Crippen LogP contribution >= 0.6 is 0 Å². The molecule has 0 saturated carbocycles. The molecule has 29 heteroatoms. The van der Waals surface area contributed by atoms with Crippen molar-refractivity contribution in [3.8, 4) is 0 Å². The number of hydrogen-bond donors (Lipinski definition) is 1. The number of alkyl halides is 18. The lowest BCUT2D eigenvalue weighted by molar-refractivity contribution is -0.408. The second kappa shape index (κ2) is 10.2. The second-order valence-electron chi connectivity index (χ2n) is 7.01. The van der Waals surface area contributed by atoms with Gasteiger partial charge in [-0.3, -0.25) is 0 Å². The minimum atomic E-state index is -7.64. The molecule has 1 aromatic rings. The van der Waals surface area contributed by atoms with Crippen molar-refractivity contribution in [3.63, 3.8) is 0 Å².